The van der Waals surface area contributed by atoms with Gasteiger partial charge in [-0.2, -0.15) is 0 Å². The first-order valence-electron chi connectivity index (χ1n) is 6.50. The van der Waals surface area contributed by atoms with Gasteiger partial charge in [-0.1, -0.05) is 36.4 Å². The molecule has 2 aromatic carbocycles. The van der Waals surface area contributed by atoms with Crippen molar-refractivity contribution in [2.45, 2.75) is 12.5 Å². The zero-order valence-electron chi connectivity index (χ0n) is 11.2. The van der Waals surface area contributed by atoms with Crippen molar-refractivity contribution in [3.8, 4) is 5.75 Å². The van der Waals surface area contributed by atoms with Gasteiger partial charge in [0.15, 0.2) is 0 Å². The molecule has 2 N–H and O–H groups in total. The number of rotatable bonds is 5. The van der Waals surface area contributed by atoms with Gasteiger partial charge in [-0.05, 0) is 24.1 Å². The van der Waals surface area contributed by atoms with Crippen molar-refractivity contribution in [3.05, 3.63) is 65.5 Å². The van der Waals surface area contributed by atoms with Gasteiger partial charge in [0.25, 0.3) is 5.91 Å². The summed E-state index contributed by atoms with van der Waals surface area (Å²) < 4.78 is 13.6. The van der Waals surface area contributed by atoms with Crippen LogP contribution in [0.25, 0.3) is 0 Å². The Kier molecular flexibility index (Phi) is 5.17. The number of benzene rings is 2. The van der Waals surface area contributed by atoms with Crippen LogP contribution < -0.4 is 5.32 Å². The molecule has 3 nitrogen and oxygen atoms in total. The van der Waals surface area contributed by atoms with Gasteiger partial charge >= 0.3 is 0 Å². The number of aromatic hydroxyl groups is 1. The molecule has 0 saturated heterocycles. The summed E-state index contributed by atoms with van der Waals surface area (Å²) in [4.78, 5) is 12.1. The number of hydrogen-bond donors (Lipinski definition) is 2. The van der Waals surface area contributed by atoms with Crippen molar-refractivity contribution in [3.63, 3.8) is 0 Å². The minimum Gasteiger partial charge on any atom is -0.507 e. The third-order valence-corrected chi connectivity index (χ3v) is 3.44. The molecule has 0 aliphatic heterocycles. The highest BCUT2D eigenvalue weighted by atomic mass is 35.5. The van der Waals surface area contributed by atoms with E-state index in [1.807, 2.05) is 30.3 Å². The van der Waals surface area contributed by atoms with Crippen molar-refractivity contribution in [2.24, 2.45) is 0 Å². The van der Waals surface area contributed by atoms with Crippen molar-refractivity contribution in [2.75, 3.05) is 5.88 Å². The monoisotopic (exact) mass is 307 g/mol. The molecule has 5 heteroatoms. The lowest BCUT2D eigenvalue weighted by molar-refractivity contribution is 0.0933. The molecule has 1 atom stereocenters. The van der Waals surface area contributed by atoms with Crippen molar-refractivity contribution in [1.29, 1.82) is 0 Å². The Labute approximate surface area is 127 Å². The number of phenols is 1. The number of nitrogens with one attached hydrogen (secondary N) is 1. The normalized spacial score (nSPS) is 11.9. The Morgan fingerprint density at radius 2 is 1.90 bits per heavy atom. The van der Waals surface area contributed by atoms with Gasteiger partial charge in [0.2, 0.25) is 0 Å². The zero-order valence-corrected chi connectivity index (χ0v) is 12.0. The molecule has 1 amide bonds. The fourth-order valence-electron chi connectivity index (χ4n) is 2.04. The molecule has 21 heavy (non-hydrogen) atoms. The largest absolute Gasteiger partial charge is 0.507 e. The summed E-state index contributed by atoms with van der Waals surface area (Å²) >= 11 is 5.86. The highest BCUT2D eigenvalue weighted by molar-refractivity contribution is 6.18. The SMILES string of the molecule is O=C(NC(CCl)Cc1ccccc1)c1c(O)cccc1F. The molecule has 1 unspecified atom stereocenters. The van der Waals surface area contributed by atoms with E-state index in [0.29, 0.717) is 6.42 Å². The highest BCUT2D eigenvalue weighted by Gasteiger charge is 2.19. The first-order chi connectivity index (χ1) is 10.1. The molecule has 0 spiro atoms. The van der Waals surface area contributed by atoms with Crippen LogP contribution in [0.3, 0.4) is 0 Å². The Hall–Kier alpha value is -2.07. The predicted octanol–water partition coefficient (Wildman–Crippen LogP) is 3.11. The number of amides is 1. The summed E-state index contributed by atoms with van der Waals surface area (Å²) in [5.41, 5.74) is 0.655. The lowest BCUT2D eigenvalue weighted by Gasteiger charge is -2.17. The second-order valence-corrected chi connectivity index (χ2v) is 4.96. The average molecular weight is 308 g/mol. The molecule has 110 valence electrons. The van der Waals surface area contributed by atoms with Crippen molar-refractivity contribution in [1.82, 2.24) is 5.32 Å². The van der Waals surface area contributed by atoms with Crippen LogP contribution in [0.2, 0.25) is 0 Å². The second kappa shape index (κ2) is 7.09. The maximum absolute atomic E-state index is 13.6. The molecule has 2 aromatic rings. The summed E-state index contributed by atoms with van der Waals surface area (Å²) in [6, 6.07) is 12.9. The van der Waals surface area contributed by atoms with Gasteiger partial charge in [0.05, 0.1) is 0 Å². The molecule has 0 heterocycles. The molecule has 0 saturated carbocycles. The lowest BCUT2D eigenvalue weighted by atomic mass is 10.1. The summed E-state index contributed by atoms with van der Waals surface area (Å²) in [5, 5.41) is 12.2. The quantitative estimate of drug-likeness (QED) is 0.834. The Bertz CT molecular complexity index is 599. The standard InChI is InChI=1S/C16H15ClFNO2/c17-10-12(9-11-5-2-1-3-6-11)19-16(21)15-13(18)7-4-8-14(15)20/h1-8,12,20H,9-10H2,(H,19,21). The number of carbonyl (C=O) groups is 1. The van der Waals surface area contributed by atoms with Gasteiger partial charge < -0.3 is 10.4 Å². The third-order valence-electron chi connectivity index (χ3n) is 3.07. The van der Waals surface area contributed by atoms with Gasteiger partial charge in [-0.25, -0.2) is 4.39 Å². The van der Waals surface area contributed by atoms with Crippen molar-refractivity contribution >= 4 is 17.5 Å². The minimum absolute atomic E-state index is 0.190. The molecule has 0 fully saturated rings. The van der Waals surface area contributed by atoms with Crippen LogP contribution in [-0.4, -0.2) is 22.9 Å². The van der Waals surface area contributed by atoms with Crippen LogP contribution in [0.15, 0.2) is 48.5 Å². The number of alkyl halides is 1. The molecule has 2 rings (SSSR count). The highest BCUT2D eigenvalue weighted by Crippen LogP contribution is 2.20. The van der Waals surface area contributed by atoms with Crippen LogP contribution >= 0.6 is 11.6 Å². The minimum atomic E-state index is -0.763. The molecule has 0 aromatic heterocycles. The summed E-state index contributed by atoms with van der Waals surface area (Å²) in [7, 11) is 0. The van der Waals surface area contributed by atoms with Crippen molar-refractivity contribution < 1.29 is 14.3 Å². The van der Waals surface area contributed by atoms with Gasteiger partial charge in [-0.15, -0.1) is 11.6 Å². The van der Waals surface area contributed by atoms with Crippen LogP contribution in [-0.2, 0) is 6.42 Å². The number of hydrogen-bond acceptors (Lipinski definition) is 2. The van der Waals surface area contributed by atoms with E-state index in [2.05, 4.69) is 5.32 Å². The predicted molar refractivity (Wildman–Crippen MR) is 80.2 cm³/mol. The van der Waals surface area contributed by atoms with E-state index >= 15 is 0 Å². The molecular formula is C16H15ClFNO2. The number of carbonyl (C=O) groups excluding carboxylic acids is 1. The summed E-state index contributed by atoms with van der Waals surface area (Å²) in [5.74, 6) is -1.64. The van der Waals surface area contributed by atoms with E-state index in [1.54, 1.807) is 0 Å². The van der Waals surface area contributed by atoms with E-state index in [4.69, 9.17) is 11.6 Å². The fourth-order valence-corrected chi connectivity index (χ4v) is 2.22. The third kappa shape index (κ3) is 3.95. The number of phenolic OH excluding ortho intramolecular Hbond substituents is 1. The molecule has 0 radical (unpaired) electrons. The van der Waals surface area contributed by atoms with E-state index in [1.165, 1.54) is 12.1 Å². The van der Waals surface area contributed by atoms with Gasteiger partial charge in [0.1, 0.15) is 17.1 Å². The average Bonchev–Trinajstić information content (AvgIpc) is 2.47. The Morgan fingerprint density at radius 3 is 2.52 bits per heavy atom. The summed E-state index contributed by atoms with van der Waals surface area (Å²) in [6.45, 7) is 0. The Morgan fingerprint density at radius 1 is 1.19 bits per heavy atom. The van der Waals surface area contributed by atoms with Gasteiger partial charge in [0, 0.05) is 11.9 Å². The lowest BCUT2D eigenvalue weighted by Crippen LogP contribution is -2.38. The van der Waals surface area contributed by atoms with Gasteiger partial charge in [-0.3, -0.25) is 4.79 Å². The summed E-state index contributed by atoms with van der Waals surface area (Å²) in [6.07, 6.45) is 0.533. The van der Waals surface area contributed by atoms with Crippen LogP contribution in [0.5, 0.6) is 5.75 Å². The molecule has 0 bridgehead atoms. The smallest absolute Gasteiger partial charge is 0.258 e. The van der Waals surface area contributed by atoms with Crippen LogP contribution in [0, 0.1) is 5.82 Å². The Balaban J connectivity index is 2.10. The first kappa shape index (κ1) is 15.3. The van der Waals surface area contributed by atoms with Crippen LogP contribution in [0.4, 0.5) is 4.39 Å². The van der Waals surface area contributed by atoms with Crippen LogP contribution in [0.1, 0.15) is 15.9 Å². The number of halogens is 2. The maximum Gasteiger partial charge on any atom is 0.258 e. The second-order valence-electron chi connectivity index (χ2n) is 4.65. The van der Waals surface area contributed by atoms with E-state index in [9.17, 15) is 14.3 Å². The van der Waals surface area contributed by atoms with E-state index in [0.717, 1.165) is 11.6 Å². The molecule has 0 aliphatic rings. The van der Waals surface area contributed by atoms with E-state index < -0.39 is 11.7 Å². The molecular weight excluding hydrogens is 293 g/mol. The maximum atomic E-state index is 13.6. The fraction of sp³-hybridized carbons (Fsp3) is 0.188. The van der Waals surface area contributed by atoms with E-state index in [-0.39, 0.29) is 23.2 Å². The topological polar surface area (TPSA) is 49.3 Å². The molecule has 0 aliphatic carbocycles. The first-order valence-corrected chi connectivity index (χ1v) is 7.03. The zero-order chi connectivity index (χ0) is 15.2.